The van der Waals surface area contributed by atoms with Gasteiger partial charge < -0.3 is 19.3 Å². The molecule has 2 heterocycles. The lowest BCUT2D eigenvalue weighted by atomic mass is 9.86. The molecule has 166 valence electrons. The molecule has 0 unspecified atom stereocenters. The molecule has 0 bridgehead atoms. The van der Waals surface area contributed by atoms with Gasteiger partial charge in [0.25, 0.3) is 0 Å². The Morgan fingerprint density at radius 3 is 2.39 bits per heavy atom. The second-order valence-corrected chi connectivity index (χ2v) is 9.01. The van der Waals surface area contributed by atoms with Crippen molar-refractivity contribution < 1.29 is 23.5 Å². The van der Waals surface area contributed by atoms with Crippen LogP contribution in [0.25, 0.3) is 21.9 Å². The van der Waals surface area contributed by atoms with E-state index < -0.39 is 23.5 Å². The molecule has 3 aromatic rings. The van der Waals surface area contributed by atoms with Crippen LogP contribution < -0.4 is 10.9 Å². The lowest BCUT2D eigenvalue weighted by Gasteiger charge is -2.17. The standard InChI is InChI=1S/C24H29NO6/c1-7-18(22(27)28)25-19(26)9-8-14-12(2)15-10-16-17(24(4,5)6)11-30-20(16)13(3)21(15)31-23(14)29/h10-11,18H,7-9H2,1-6H3,(H,25,26)(H,27,28)/t18-/m0/s1. The number of carboxylic acids is 1. The summed E-state index contributed by atoms with van der Waals surface area (Å²) in [6.45, 7) is 11.7. The highest BCUT2D eigenvalue weighted by Crippen LogP contribution is 2.37. The Balaban J connectivity index is 2.02. The summed E-state index contributed by atoms with van der Waals surface area (Å²) in [5.74, 6) is -1.49. The van der Waals surface area contributed by atoms with Crippen LogP contribution in [0.15, 0.2) is 26.0 Å². The summed E-state index contributed by atoms with van der Waals surface area (Å²) in [7, 11) is 0. The number of rotatable bonds is 6. The minimum Gasteiger partial charge on any atom is -0.480 e. The van der Waals surface area contributed by atoms with Crippen LogP contribution >= 0.6 is 0 Å². The number of furan rings is 1. The SMILES string of the molecule is CC[C@H](NC(=O)CCc1c(C)c2cc3c(C(C)(C)C)coc3c(C)c2oc1=O)C(=O)O. The molecule has 0 saturated carbocycles. The molecule has 2 aromatic heterocycles. The quantitative estimate of drug-likeness (QED) is 0.566. The minimum atomic E-state index is -1.08. The molecule has 0 radical (unpaired) electrons. The first kappa shape index (κ1) is 22.6. The third-order valence-corrected chi connectivity index (χ3v) is 5.79. The summed E-state index contributed by atoms with van der Waals surface area (Å²) >= 11 is 0. The van der Waals surface area contributed by atoms with Crippen molar-refractivity contribution in [2.24, 2.45) is 0 Å². The van der Waals surface area contributed by atoms with E-state index in [4.69, 9.17) is 13.9 Å². The molecule has 1 aromatic carbocycles. The number of carbonyl (C=O) groups excluding carboxylic acids is 1. The minimum absolute atomic E-state index is 0.00106. The maximum absolute atomic E-state index is 12.7. The van der Waals surface area contributed by atoms with E-state index in [-0.39, 0.29) is 24.7 Å². The van der Waals surface area contributed by atoms with Gasteiger partial charge in [0.2, 0.25) is 5.91 Å². The molecule has 0 aliphatic carbocycles. The number of carbonyl (C=O) groups is 2. The highest BCUT2D eigenvalue weighted by atomic mass is 16.4. The number of benzene rings is 1. The van der Waals surface area contributed by atoms with Gasteiger partial charge in [0, 0.05) is 33.9 Å². The molecule has 0 aliphatic rings. The highest BCUT2D eigenvalue weighted by molar-refractivity contribution is 6.00. The zero-order valence-corrected chi connectivity index (χ0v) is 18.8. The average Bonchev–Trinajstić information content (AvgIpc) is 3.11. The smallest absolute Gasteiger partial charge is 0.339 e. The topological polar surface area (TPSA) is 110 Å². The Morgan fingerprint density at radius 2 is 1.81 bits per heavy atom. The number of nitrogens with one attached hydrogen (secondary N) is 1. The van der Waals surface area contributed by atoms with Crippen LogP contribution in [0.2, 0.25) is 0 Å². The van der Waals surface area contributed by atoms with Crippen LogP contribution in [-0.4, -0.2) is 23.0 Å². The molecule has 1 atom stereocenters. The van der Waals surface area contributed by atoms with Crippen molar-refractivity contribution in [1.82, 2.24) is 5.32 Å². The lowest BCUT2D eigenvalue weighted by Crippen LogP contribution is -2.40. The van der Waals surface area contributed by atoms with E-state index in [0.717, 1.165) is 27.5 Å². The third kappa shape index (κ3) is 4.22. The van der Waals surface area contributed by atoms with Crippen molar-refractivity contribution in [2.75, 3.05) is 0 Å². The van der Waals surface area contributed by atoms with Crippen LogP contribution in [0.3, 0.4) is 0 Å². The number of fused-ring (bicyclic) bond motifs is 2. The molecule has 7 heteroatoms. The monoisotopic (exact) mass is 427 g/mol. The Kier molecular flexibility index (Phi) is 5.98. The Hall–Kier alpha value is -3.09. The van der Waals surface area contributed by atoms with Gasteiger partial charge in [0.1, 0.15) is 17.2 Å². The van der Waals surface area contributed by atoms with Crippen LogP contribution in [0, 0.1) is 13.8 Å². The van der Waals surface area contributed by atoms with Gasteiger partial charge in [0.15, 0.2) is 0 Å². The van der Waals surface area contributed by atoms with Gasteiger partial charge in [-0.25, -0.2) is 9.59 Å². The van der Waals surface area contributed by atoms with E-state index in [0.29, 0.717) is 16.7 Å². The molecule has 3 rings (SSSR count). The number of aliphatic carboxylic acids is 1. The van der Waals surface area contributed by atoms with E-state index in [9.17, 15) is 14.4 Å². The van der Waals surface area contributed by atoms with E-state index >= 15 is 0 Å². The second kappa shape index (κ2) is 8.21. The fourth-order valence-electron chi connectivity index (χ4n) is 3.91. The summed E-state index contributed by atoms with van der Waals surface area (Å²) in [4.78, 5) is 36.0. The Morgan fingerprint density at radius 1 is 1.13 bits per heavy atom. The summed E-state index contributed by atoms with van der Waals surface area (Å²) in [5.41, 5.74) is 3.59. The average molecular weight is 427 g/mol. The Labute approximate surface area is 180 Å². The highest BCUT2D eigenvalue weighted by Gasteiger charge is 2.24. The maximum Gasteiger partial charge on any atom is 0.339 e. The first-order chi connectivity index (χ1) is 14.5. The number of hydrogen-bond acceptors (Lipinski definition) is 5. The predicted molar refractivity (Wildman–Crippen MR) is 119 cm³/mol. The number of amides is 1. The normalized spacial score (nSPS) is 13.0. The molecule has 0 fully saturated rings. The van der Waals surface area contributed by atoms with Crippen LogP contribution in [-0.2, 0) is 21.4 Å². The zero-order valence-electron chi connectivity index (χ0n) is 18.8. The van der Waals surface area contributed by atoms with Gasteiger partial charge in [-0.15, -0.1) is 0 Å². The van der Waals surface area contributed by atoms with Crippen molar-refractivity contribution in [3.63, 3.8) is 0 Å². The van der Waals surface area contributed by atoms with Crippen LogP contribution in [0.5, 0.6) is 0 Å². The van der Waals surface area contributed by atoms with Gasteiger partial charge in [-0.2, -0.15) is 0 Å². The largest absolute Gasteiger partial charge is 0.480 e. The lowest BCUT2D eigenvalue weighted by molar-refractivity contribution is -0.141. The van der Waals surface area contributed by atoms with Crippen molar-refractivity contribution >= 4 is 33.8 Å². The van der Waals surface area contributed by atoms with Crippen molar-refractivity contribution in [3.05, 3.63) is 45.0 Å². The fourth-order valence-corrected chi connectivity index (χ4v) is 3.91. The first-order valence-electron chi connectivity index (χ1n) is 10.4. The van der Waals surface area contributed by atoms with Gasteiger partial charge in [0.05, 0.1) is 6.26 Å². The summed E-state index contributed by atoms with van der Waals surface area (Å²) in [5, 5.41) is 13.4. The number of hydrogen-bond donors (Lipinski definition) is 2. The summed E-state index contributed by atoms with van der Waals surface area (Å²) in [6, 6.07) is 1.05. The Bertz CT molecular complexity index is 1230. The number of carboxylic acid groups (broad SMARTS) is 1. The third-order valence-electron chi connectivity index (χ3n) is 5.79. The van der Waals surface area contributed by atoms with Crippen molar-refractivity contribution in [2.45, 2.75) is 72.3 Å². The molecule has 31 heavy (non-hydrogen) atoms. The summed E-state index contributed by atoms with van der Waals surface area (Å²) in [6.07, 6.45) is 2.21. The molecule has 0 spiro atoms. The van der Waals surface area contributed by atoms with E-state index in [2.05, 4.69) is 26.1 Å². The van der Waals surface area contributed by atoms with Crippen LogP contribution in [0.1, 0.15) is 62.8 Å². The molecular weight excluding hydrogens is 398 g/mol. The van der Waals surface area contributed by atoms with E-state index in [1.165, 1.54) is 0 Å². The molecular formula is C24H29NO6. The molecule has 7 nitrogen and oxygen atoms in total. The van der Waals surface area contributed by atoms with Crippen LogP contribution in [0.4, 0.5) is 0 Å². The van der Waals surface area contributed by atoms with Gasteiger partial charge in [-0.1, -0.05) is 27.7 Å². The van der Waals surface area contributed by atoms with E-state index in [1.807, 2.05) is 19.9 Å². The van der Waals surface area contributed by atoms with Gasteiger partial charge in [-0.3, -0.25) is 4.79 Å². The fraction of sp³-hybridized carbons (Fsp3) is 0.458. The number of aryl methyl sites for hydroxylation is 2. The van der Waals surface area contributed by atoms with Gasteiger partial charge in [-0.05, 0) is 43.7 Å². The molecule has 1 amide bonds. The van der Waals surface area contributed by atoms with Gasteiger partial charge >= 0.3 is 11.6 Å². The van der Waals surface area contributed by atoms with E-state index in [1.54, 1.807) is 13.2 Å². The molecule has 0 aliphatic heterocycles. The maximum atomic E-state index is 12.7. The summed E-state index contributed by atoms with van der Waals surface area (Å²) < 4.78 is 11.4. The first-order valence-corrected chi connectivity index (χ1v) is 10.4. The second-order valence-electron chi connectivity index (χ2n) is 9.01. The van der Waals surface area contributed by atoms with Crippen molar-refractivity contribution in [3.8, 4) is 0 Å². The predicted octanol–water partition coefficient (Wildman–Crippen LogP) is 4.37. The van der Waals surface area contributed by atoms with Crippen molar-refractivity contribution in [1.29, 1.82) is 0 Å². The molecule has 2 N–H and O–H groups in total. The zero-order chi connectivity index (χ0) is 23.1. The molecule has 0 saturated heterocycles.